The Labute approximate surface area is 154 Å². The van der Waals surface area contributed by atoms with E-state index in [1.165, 1.54) is 11.1 Å². The third-order valence-corrected chi connectivity index (χ3v) is 4.38. The van der Waals surface area contributed by atoms with E-state index in [1.807, 2.05) is 24.3 Å². The third kappa shape index (κ3) is 4.34. The normalized spacial score (nSPS) is 10.5. The molecule has 3 aromatic rings. The van der Waals surface area contributed by atoms with E-state index >= 15 is 0 Å². The zero-order chi connectivity index (χ0) is 17.6. The van der Waals surface area contributed by atoms with Gasteiger partial charge in [-0.2, -0.15) is 0 Å². The molecule has 3 heteroatoms. The molecule has 0 aromatic heterocycles. The van der Waals surface area contributed by atoms with Crippen LogP contribution in [0.5, 0.6) is 5.75 Å². The van der Waals surface area contributed by atoms with E-state index in [1.54, 1.807) is 7.11 Å². The lowest BCUT2D eigenvalue weighted by Crippen LogP contribution is -1.97. The fourth-order valence-corrected chi connectivity index (χ4v) is 3.12. The number of benzene rings is 3. The summed E-state index contributed by atoms with van der Waals surface area (Å²) in [5.74, 6) is 0.855. The molecule has 1 N–H and O–H groups in total. The van der Waals surface area contributed by atoms with E-state index in [2.05, 4.69) is 54.7 Å². The predicted octanol–water partition coefficient (Wildman–Crippen LogP) is 6.04. The Hall–Kier alpha value is -2.45. The number of hydrogen-bond acceptors (Lipinski definition) is 2. The molecule has 3 aromatic carbocycles. The Balaban J connectivity index is 1.89. The van der Waals surface area contributed by atoms with Crippen LogP contribution in [0.25, 0.3) is 11.1 Å². The summed E-state index contributed by atoms with van der Waals surface area (Å²) in [4.78, 5) is 0. The first-order valence-corrected chi connectivity index (χ1v) is 8.83. The smallest absolute Gasteiger partial charge is 0.126 e. The summed E-state index contributed by atoms with van der Waals surface area (Å²) >= 11 is 6.15. The van der Waals surface area contributed by atoms with Crippen molar-refractivity contribution < 1.29 is 4.74 Å². The van der Waals surface area contributed by atoms with E-state index in [4.69, 9.17) is 16.3 Å². The van der Waals surface area contributed by atoms with Crippen LogP contribution < -0.4 is 10.1 Å². The number of hydrogen-bond donors (Lipinski definition) is 1. The van der Waals surface area contributed by atoms with Gasteiger partial charge in [0.05, 0.1) is 7.11 Å². The molecule has 0 spiro atoms. The van der Waals surface area contributed by atoms with Crippen molar-refractivity contribution in [3.63, 3.8) is 0 Å². The fourth-order valence-electron chi connectivity index (χ4n) is 2.93. The van der Waals surface area contributed by atoms with Crippen LogP contribution in [0.2, 0.25) is 5.02 Å². The average molecular weight is 352 g/mol. The van der Waals surface area contributed by atoms with E-state index in [0.717, 1.165) is 40.6 Å². The van der Waals surface area contributed by atoms with Crippen molar-refractivity contribution in [1.29, 1.82) is 0 Å². The minimum absolute atomic E-state index is 0.726. The SMILES string of the molecule is CCNc1ccc(Cc2ccc(OC)c(-c3cccc(Cl)c3)c2)cc1. The number of anilines is 1. The van der Waals surface area contributed by atoms with Gasteiger partial charge in [-0.3, -0.25) is 0 Å². The monoisotopic (exact) mass is 351 g/mol. The molecule has 0 heterocycles. The molecule has 0 saturated heterocycles. The van der Waals surface area contributed by atoms with Crippen LogP contribution in [0, 0.1) is 0 Å². The van der Waals surface area contributed by atoms with Gasteiger partial charge >= 0.3 is 0 Å². The first-order valence-electron chi connectivity index (χ1n) is 8.45. The molecule has 0 aliphatic carbocycles. The lowest BCUT2D eigenvalue weighted by molar-refractivity contribution is 0.416. The maximum absolute atomic E-state index is 6.15. The van der Waals surface area contributed by atoms with Crippen molar-refractivity contribution in [1.82, 2.24) is 0 Å². The number of rotatable bonds is 6. The average Bonchev–Trinajstić information content (AvgIpc) is 2.63. The Kier molecular flexibility index (Phi) is 5.62. The van der Waals surface area contributed by atoms with E-state index in [0.29, 0.717) is 0 Å². The molecular formula is C22H22ClNO. The van der Waals surface area contributed by atoms with Crippen LogP contribution in [0.3, 0.4) is 0 Å². The van der Waals surface area contributed by atoms with Gasteiger partial charge in [-0.15, -0.1) is 0 Å². The van der Waals surface area contributed by atoms with E-state index in [9.17, 15) is 0 Å². The molecule has 128 valence electrons. The number of methoxy groups -OCH3 is 1. The predicted molar refractivity (Wildman–Crippen MR) is 107 cm³/mol. The summed E-state index contributed by atoms with van der Waals surface area (Å²) in [6.45, 7) is 3.03. The van der Waals surface area contributed by atoms with Crippen molar-refractivity contribution in [3.8, 4) is 16.9 Å². The molecule has 0 amide bonds. The highest BCUT2D eigenvalue weighted by Crippen LogP contribution is 2.33. The lowest BCUT2D eigenvalue weighted by atomic mass is 9.98. The van der Waals surface area contributed by atoms with Gasteiger partial charge in [0.25, 0.3) is 0 Å². The van der Waals surface area contributed by atoms with Crippen LogP contribution in [-0.4, -0.2) is 13.7 Å². The third-order valence-electron chi connectivity index (χ3n) is 4.14. The molecule has 3 rings (SSSR count). The fraction of sp³-hybridized carbons (Fsp3) is 0.182. The largest absolute Gasteiger partial charge is 0.496 e. The first kappa shape index (κ1) is 17.4. The molecule has 0 atom stereocenters. The van der Waals surface area contributed by atoms with Crippen molar-refractivity contribution in [2.24, 2.45) is 0 Å². The zero-order valence-electron chi connectivity index (χ0n) is 14.6. The van der Waals surface area contributed by atoms with Gasteiger partial charge in [-0.25, -0.2) is 0 Å². The summed E-state index contributed by atoms with van der Waals surface area (Å²) in [7, 11) is 1.70. The number of nitrogens with one attached hydrogen (secondary N) is 1. The zero-order valence-corrected chi connectivity index (χ0v) is 15.3. The van der Waals surface area contributed by atoms with Crippen molar-refractivity contribution in [2.45, 2.75) is 13.3 Å². The summed E-state index contributed by atoms with van der Waals surface area (Å²) in [5, 5.41) is 4.05. The molecule has 0 aliphatic heterocycles. The van der Waals surface area contributed by atoms with Gasteiger partial charge in [0.2, 0.25) is 0 Å². The molecule has 0 fully saturated rings. The van der Waals surface area contributed by atoms with Crippen LogP contribution >= 0.6 is 11.6 Å². The minimum atomic E-state index is 0.726. The van der Waals surface area contributed by atoms with Gasteiger partial charge in [-0.05, 0) is 66.4 Å². The highest BCUT2D eigenvalue weighted by atomic mass is 35.5. The quantitative estimate of drug-likeness (QED) is 0.584. The Morgan fingerprint density at radius 1 is 0.920 bits per heavy atom. The van der Waals surface area contributed by atoms with Crippen LogP contribution in [-0.2, 0) is 6.42 Å². The summed E-state index contributed by atoms with van der Waals surface area (Å²) in [5.41, 5.74) is 5.80. The van der Waals surface area contributed by atoms with Gasteiger partial charge in [0.15, 0.2) is 0 Å². The van der Waals surface area contributed by atoms with Crippen LogP contribution in [0.15, 0.2) is 66.7 Å². The number of halogens is 1. The highest BCUT2D eigenvalue weighted by Gasteiger charge is 2.08. The van der Waals surface area contributed by atoms with Crippen LogP contribution in [0.1, 0.15) is 18.1 Å². The van der Waals surface area contributed by atoms with Crippen LogP contribution in [0.4, 0.5) is 5.69 Å². The summed E-state index contributed by atoms with van der Waals surface area (Å²) < 4.78 is 5.54. The highest BCUT2D eigenvalue weighted by molar-refractivity contribution is 6.30. The van der Waals surface area contributed by atoms with Gasteiger partial charge in [0.1, 0.15) is 5.75 Å². The maximum Gasteiger partial charge on any atom is 0.126 e. The van der Waals surface area contributed by atoms with E-state index in [-0.39, 0.29) is 0 Å². The maximum atomic E-state index is 6.15. The molecule has 25 heavy (non-hydrogen) atoms. The standard InChI is InChI=1S/C22H22ClNO/c1-3-24-20-10-7-16(8-11-20)13-17-9-12-22(25-2)21(14-17)18-5-4-6-19(23)15-18/h4-12,14-15,24H,3,13H2,1-2H3. The molecular weight excluding hydrogens is 330 g/mol. The van der Waals surface area contributed by atoms with Crippen molar-refractivity contribution in [2.75, 3.05) is 19.0 Å². The second-order valence-corrected chi connectivity index (χ2v) is 6.39. The number of ether oxygens (including phenoxy) is 1. The Morgan fingerprint density at radius 3 is 2.36 bits per heavy atom. The summed E-state index contributed by atoms with van der Waals surface area (Å²) in [6.07, 6.45) is 0.879. The van der Waals surface area contributed by atoms with Crippen molar-refractivity contribution >= 4 is 17.3 Å². The molecule has 0 radical (unpaired) electrons. The molecule has 0 saturated carbocycles. The Morgan fingerprint density at radius 2 is 1.68 bits per heavy atom. The van der Waals surface area contributed by atoms with Gasteiger partial charge in [0, 0.05) is 22.8 Å². The van der Waals surface area contributed by atoms with Gasteiger partial charge in [-0.1, -0.05) is 41.9 Å². The van der Waals surface area contributed by atoms with Crippen molar-refractivity contribution in [3.05, 3.63) is 82.9 Å². The topological polar surface area (TPSA) is 21.3 Å². The lowest BCUT2D eigenvalue weighted by Gasteiger charge is -2.12. The second-order valence-electron chi connectivity index (χ2n) is 5.95. The molecule has 0 bridgehead atoms. The van der Waals surface area contributed by atoms with Gasteiger partial charge < -0.3 is 10.1 Å². The summed E-state index contributed by atoms with van der Waals surface area (Å²) in [6, 6.07) is 22.8. The van der Waals surface area contributed by atoms with E-state index < -0.39 is 0 Å². The minimum Gasteiger partial charge on any atom is -0.496 e. The first-order chi connectivity index (χ1) is 12.2. The second kappa shape index (κ2) is 8.09. The Bertz CT molecular complexity index is 843. The molecule has 0 unspecified atom stereocenters. The molecule has 0 aliphatic rings. The molecule has 2 nitrogen and oxygen atoms in total.